The Kier molecular flexibility index (Phi) is 3.70. The zero-order chi connectivity index (χ0) is 14.7. The molecule has 21 heavy (non-hydrogen) atoms. The van der Waals surface area contributed by atoms with E-state index >= 15 is 0 Å². The summed E-state index contributed by atoms with van der Waals surface area (Å²) in [6, 6.07) is 7.16. The summed E-state index contributed by atoms with van der Waals surface area (Å²) in [4.78, 5) is 12.3. The highest BCUT2D eigenvalue weighted by molar-refractivity contribution is 5.94. The molecule has 110 valence electrons. The average molecular weight is 286 g/mol. The van der Waals surface area contributed by atoms with Gasteiger partial charge in [-0.15, -0.1) is 5.10 Å². The first-order valence-electron chi connectivity index (χ1n) is 7.13. The maximum absolute atomic E-state index is 12.3. The number of rotatable bonds is 4. The molecule has 0 aliphatic heterocycles. The van der Waals surface area contributed by atoms with Crippen molar-refractivity contribution in [3.05, 3.63) is 42.2 Å². The monoisotopic (exact) mass is 286 g/mol. The van der Waals surface area contributed by atoms with Crippen molar-refractivity contribution in [1.29, 1.82) is 0 Å². The van der Waals surface area contributed by atoms with Crippen molar-refractivity contribution < 1.29 is 9.90 Å². The molecule has 6 heteroatoms. The van der Waals surface area contributed by atoms with E-state index in [4.69, 9.17) is 0 Å². The van der Waals surface area contributed by atoms with E-state index in [1.165, 1.54) is 0 Å². The normalized spacial score (nSPS) is 16.8. The first-order chi connectivity index (χ1) is 10.2. The maximum Gasteiger partial charge on any atom is 0.251 e. The molecule has 1 aromatic heterocycles. The standard InChI is InChI=1S/C15H18N4O2/c20-11-15(7-1-2-8-15)17-14(21)12-3-5-13(6-4-12)19-10-9-16-18-19/h3-6,9-10,20H,1-2,7-8,11H2,(H,17,21). The number of aromatic nitrogens is 3. The highest BCUT2D eigenvalue weighted by atomic mass is 16.3. The van der Waals surface area contributed by atoms with Crippen molar-refractivity contribution in [3.8, 4) is 5.69 Å². The Morgan fingerprint density at radius 2 is 2.00 bits per heavy atom. The van der Waals surface area contributed by atoms with Gasteiger partial charge < -0.3 is 10.4 Å². The Balaban J connectivity index is 1.73. The van der Waals surface area contributed by atoms with Crippen molar-refractivity contribution in [3.63, 3.8) is 0 Å². The summed E-state index contributed by atoms with van der Waals surface area (Å²) in [5, 5.41) is 20.2. The van der Waals surface area contributed by atoms with Gasteiger partial charge in [-0.25, -0.2) is 4.68 Å². The molecule has 1 saturated carbocycles. The zero-order valence-corrected chi connectivity index (χ0v) is 11.7. The van der Waals surface area contributed by atoms with E-state index in [2.05, 4.69) is 15.6 Å². The van der Waals surface area contributed by atoms with Crippen molar-refractivity contribution >= 4 is 5.91 Å². The summed E-state index contributed by atoms with van der Waals surface area (Å²) in [7, 11) is 0. The van der Waals surface area contributed by atoms with Gasteiger partial charge in [-0.3, -0.25) is 4.79 Å². The van der Waals surface area contributed by atoms with Crippen LogP contribution in [0.4, 0.5) is 0 Å². The van der Waals surface area contributed by atoms with Gasteiger partial charge in [-0.1, -0.05) is 18.1 Å². The second kappa shape index (κ2) is 5.65. The van der Waals surface area contributed by atoms with Gasteiger partial charge in [0.1, 0.15) is 0 Å². The Bertz CT molecular complexity index is 601. The summed E-state index contributed by atoms with van der Waals surface area (Å²) in [6.07, 6.45) is 7.12. The molecular weight excluding hydrogens is 268 g/mol. The Morgan fingerprint density at radius 3 is 2.57 bits per heavy atom. The first kappa shape index (κ1) is 13.8. The Hall–Kier alpha value is -2.21. The van der Waals surface area contributed by atoms with E-state index in [9.17, 15) is 9.90 Å². The fraction of sp³-hybridized carbons (Fsp3) is 0.400. The van der Waals surface area contributed by atoms with Crippen LogP contribution in [0.25, 0.3) is 5.69 Å². The van der Waals surface area contributed by atoms with Gasteiger partial charge in [-0.05, 0) is 37.1 Å². The van der Waals surface area contributed by atoms with Crippen molar-refractivity contribution in [2.24, 2.45) is 0 Å². The quantitative estimate of drug-likeness (QED) is 0.888. The number of carbonyl (C=O) groups excluding carboxylic acids is 1. The smallest absolute Gasteiger partial charge is 0.251 e. The summed E-state index contributed by atoms with van der Waals surface area (Å²) in [5.74, 6) is -0.143. The zero-order valence-electron chi connectivity index (χ0n) is 11.7. The molecule has 0 radical (unpaired) electrons. The van der Waals surface area contributed by atoms with E-state index in [1.807, 2.05) is 12.1 Å². The van der Waals surface area contributed by atoms with Gasteiger partial charge in [0, 0.05) is 5.56 Å². The molecule has 0 unspecified atom stereocenters. The molecular formula is C15H18N4O2. The van der Waals surface area contributed by atoms with Gasteiger partial charge in [0.25, 0.3) is 5.91 Å². The van der Waals surface area contributed by atoms with Gasteiger partial charge in [0.15, 0.2) is 0 Å². The number of nitrogens with zero attached hydrogens (tertiary/aromatic N) is 3. The number of aliphatic hydroxyl groups excluding tert-OH is 1. The molecule has 1 amide bonds. The molecule has 2 N–H and O–H groups in total. The highest BCUT2D eigenvalue weighted by Gasteiger charge is 2.34. The topological polar surface area (TPSA) is 80.0 Å². The van der Waals surface area contributed by atoms with E-state index in [-0.39, 0.29) is 12.5 Å². The van der Waals surface area contributed by atoms with Crippen molar-refractivity contribution in [2.75, 3.05) is 6.61 Å². The molecule has 2 aromatic rings. The van der Waals surface area contributed by atoms with Gasteiger partial charge in [-0.2, -0.15) is 0 Å². The molecule has 6 nitrogen and oxygen atoms in total. The lowest BCUT2D eigenvalue weighted by atomic mass is 9.98. The number of amides is 1. The number of hydrogen-bond donors (Lipinski definition) is 2. The third-order valence-corrected chi connectivity index (χ3v) is 4.06. The summed E-state index contributed by atoms with van der Waals surface area (Å²) in [6.45, 7) is -0.00419. The van der Waals surface area contributed by atoms with Crippen molar-refractivity contribution in [2.45, 2.75) is 31.2 Å². The van der Waals surface area contributed by atoms with E-state index in [0.29, 0.717) is 5.56 Å². The molecule has 1 aromatic carbocycles. The third kappa shape index (κ3) is 2.80. The number of hydrogen-bond acceptors (Lipinski definition) is 4. The first-order valence-corrected chi connectivity index (χ1v) is 7.13. The van der Waals surface area contributed by atoms with Crippen LogP contribution in [0, 0.1) is 0 Å². The van der Waals surface area contributed by atoms with E-state index in [0.717, 1.165) is 31.4 Å². The number of nitrogens with one attached hydrogen (secondary N) is 1. The highest BCUT2D eigenvalue weighted by Crippen LogP contribution is 2.29. The van der Waals surface area contributed by atoms with Gasteiger partial charge in [0.05, 0.1) is 30.2 Å². The van der Waals surface area contributed by atoms with Crippen LogP contribution < -0.4 is 5.32 Å². The van der Waals surface area contributed by atoms with Crippen LogP contribution in [-0.2, 0) is 0 Å². The predicted molar refractivity (Wildman–Crippen MR) is 77.1 cm³/mol. The molecule has 0 bridgehead atoms. The molecule has 1 fully saturated rings. The second-order valence-corrected chi connectivity index (χ2v) is 5.49. The van der Waals surface area contributed by atoms with E-state index < -0.39 is 5.54 Å². The molecule has 0 atom stereocenters. The van der Waals surface area contributed by atoms with Crippen LogP contribution in [0.15, 0.2) is 36.7 Å². The van der Waals surface area contributed by atoms with E-state index in [1.54, 1.807) is 29.2 Å². The maximum atomic E-state index is 12.3. The minimum absolute atomic E-state index is 0.00419. The van der Waals surface area contributed by atoms with Crippen LogP contribution in [0.1, 0.15) is 36.0 Å². The SMILES string of the molecule is O=C(NC1(CO)CCCC1)c1ccc(-n2ccnn2)cc1. The lowest BCUT2D eigenvalue weighted by Gasteiger charge is -2.28. The molecule has 3 rings (SSSR count). The number of carbonyl (C=O) groups is 1. The van der Waals surface area contributed by atoms with Crippen LogP contribution >= 0.6 is 0 Å². The fourth-order valence-electron chi connectivity index (χ4n) is 2.80. The van der Waals surface area contributed by atoms with Crippen LogP contribution in [0.5, 0.6) is 0 Å². The lowest BCUT2D eigenvalue weighted by Crippen LogP contribution is -2.49. The predicted octanol–water partition coefficient (Wildman–Crippen LogP) is 1.30. The Labute approximate surface area is 122 Å². The average Bonchev–Trinajstić information content (AvgIpc) is 3.19. The summed E-state index contributed by atoms with van der Waals surface area (Å²) < 4.78 is 1.63. The van der Waals surface area contributed by atoms with Crippen molar-refractivity contribution in [1.82, 2.24) is 20.3 Å². The Morgan fingerprint density at radius 1 is 1.29 bits per heavy atom. The summed E-state index contributed by atoms with van der Waals surface area (Å²) >= 11 is 0. The largest absolute Gasteiger partial charge is 0.394 e. The van der Waals surface area contributed by atoms with Gasteiger partial charge in [0.2, 0.25) is 0 Å². The number of benzene rings is 1. The molecule has 0 spiro atoms. The van der Waals surface area contributed by atoms with Crippen LogP contribution in [-0.4, -0.2) is 38.2 Å². The third-order valence-electron chi connectivity index (χ3n) is 4.06. The minimum atomic E-state index is -0.443. The molecule has 1 aliphatic rings. The lowest BCUT2D eigenvalue weighted by molar-refractivity contribution is 0.0838. The van der Waals surface area contributed by atoms with Crippen LogP contribution in [0.3, 0.4) is 0 Å². The molecule has 0 saturated heterocycles. The summed E-state index contributed by atoms with van der Waals surface area (Å²) in [5.41, 5.74) is 0.988. The van der Waals surface area contributed by atoms with Gasteiger partial charge >= 0.3 is 0 Å². The van der Waals surface area contributed by atoms with Crippen LogP contribution in [0.2, 0.25) is 0 Å². The number of aliphatic hydroxyl groups is 1. The molecule has 1 heterocycles. The second-order valence-electron chi connectivity index (χ2n) is 5.49. The molecule has 1 aliphatic carbocycles. The fourth-order valence-corrected chi connectivity index (χ4v) is 2.80. The minimum Gasteiger partial charge on any atom is -0.394 e.